The lowest BCUT2D eigenvalue weighted by Crippen LogP contribution is -2.52. The molecule has 0 bridgehead atoms. The van der Waals surface area contributed by atoms with E-state index in [1.54, 1.807) is 17.0 Å². The summed E-state index contributed by atoms with van der Waals surface area (Å²) in [6.07, 6.45) is 0.640. The van der Waals surface area contributed by atoms with Crippen LogP contribution in [0, 0.1) is 6.92 Å². The highest BCUT2D eigenvalue weighted by Gasteiger charge is 2.31. The molecule has 0 saturated carbocycles. The third kappa shape index (κ3) is 7.19. The zero-order chi connectivity index (χ0) is 23.8. The molecule has 4 nitrogen and oxygen atoms in total. The van der Waals surface area contributed by atoms with Crippen molar-refractivity contribution in [1.82, 2.24) is 10.2 Å². The van der Waals surface area contributed by atoms with E-state index in [0.717, 1.165) is 22.3 Å². The van der Waals surface area contributed by atoms with Crippen molar-refractivity contribution in [1.29, 1.82) is 0 Å². The lowest BCUT2D eigenvalue weighted by Gasteiger charge is -2.32. The Labute approximate surface area is 201 Å². The number of carbonyl (C=O) groups excluding carboxylic acids is 2. The Balaban J connectivity index is 1.97. The predicted molar refractivity (Wildman–Crippen MR) is 134 cm³/mol. The van der Waals surface area contributed by atoms with Crippen LogP contribution >= 0.6 is 11.6 Å². The second-order valence-corrected chi connectivity index (χ2v) is 9.06. The molecular formula is C28H31ClN2O2. The smallest absolute Gasteiger partial charge is 0.243 e. The van der Waals surface area contributed by atoms with Crippen LogP contribution < -0.4 is 5.32 Å². The minimum atomic E-state index is -0.630. The van der Waals surface area contributed by atoms with Gasteiger partial charge in [-0.3, -0.25) is 9.59 Å². The number of halogens is 1. The third-order valence-corrected chi connectivity index (χ3v) is 5.82. The molecule has 1 atom stereocenters. The van der Waals surface area contributed by atoms with Crippen LogP contribution in [0.4, 0.5) is 0 Å². The van der Waals surface area contributed by atoms with E-state index in [1.165, 1.54) is 0 Å². The van der Waals surface area contributed by atoms with Crippen LogP contribution in [0.2, 0.25) is 5.02 Å². The number of benzene rings is 3. The number of amides is 2. The minimum absolute atomic E-state index is 0.0255. The molecule has 0 heterocycles. The lowest BCUT2D eigenvalue weighted by molar-refractivity contribution is -0.141. The first kappa shape index (κ1) is 24.5. The maximum atomic E-state index is 13.6. The Hall–Kier alpha value is -3.11. The summed E-state index contributed by atoms with van der Waals surface area (Å²) in [5, 5.41) is 3.65. The third-order valence-electron chi connectivity index (χ3n) is 5.57. The van der Waals surface area contributed by atoms with Crippen LogP contribution in [0.3, 0.4) is 0 Å². The fourth-order valence-electron chi connectivity index (χ4n) is 3.78. The van der Waals surface area contributed by atoms with Crippen LogP contribution in [0.15, 0.2) is 78.9 Å². The molecule has 3 aromatic rings. The van der Waals surface area contributed by atoms with Crippen molar-refractivity contribution < 1.29 is 9.59 Å². The molecule has 2 amide bonds. The van der Waals surface area contributed by atoms with Gasteiger partial charge in [0.1, 0.15) is 6.04 Å². The van der Waals surface area contributed by atoms with Crippen LogP contribution in [0.5, 0.6) is 0 Å². The number of rotatable bonds is 9. The van der Waals surface area contributed by atoms with Crippen LogP contribution in [0.1, 0.15) is 36.1 Å². The van der Waals surface area contributed by atoms with Crippen molar-refractivity contribution in [2.45, 2.75) is 52.2 Å². The Morgan fingerprint density at radius 2 is 1.52 bits per heavy atom. The highest BCUT2D eigenvalue weighted by molar-refractivity contribution is 6.30. The van der Waals surface area contributed by atoms with Crippen molar-refractivity contribution in [3.63, 3.8) is 0 Å². The summed E-state index contributed by atoms with van der Waals surface area (Å²) in [6, 6.07) is 24.4. The monoisotopic (exact) mass is 462 g/mol. The molecule has 0 aliphatic carbocycles. The van der Waals surface area contributed by atoms with Crippen molar-refractivity contribution in [3.05, 3.63) is 106 Å². The number of nitrogens with zero attached hydrogens (tertiary/aromatic N) is 1. The topological polar surface area (TPSA) is 49.4 Å². The number of hydrogen-bond acceptors (Lipinski definition) is 2. The second-order valence-electron chi connectivity index (χ2n) is 8.62. The standard InChI is InChI=1S/C28H31ClN2O2/c1-20(2)30-28(33)26(17-22-10-5-4-6-11-22)31(19-24-12-8-7-9-21(24)3)27(32)18-23-13-15-25(29)16-14-23/h4-16,20,26H,17-19H2,1-3H3,(H,30,33). The molecule has 0 spiro atoms. The van der Waals surface area contributed by atoms with Crippen molar-refractivity contribution in [2.75, 3.05) is 0 Å². The number of carbonyl (C=O) groups is 2. The summed E-state index contributed by atoms with van der Waals surface area (Å²) in [5.41, 5.74) is 3.99. The molecule has 0 aliphatic heterocycles. The average molecular weight is 463 g/mol. The molecule has 5 heteroatoms. The van der Waals surface area contributed by atoms with Gasteiger partial charge in [0.2, 0.25) is 11.8 Å². The van der Waals surface area contributed by atoms with Gasteiger partial charge < -0.3 is 10.2 Å². The van der Waals surface area contributed by atoms with E-state index in [1.807, 2.05) is 87.5 Å². The molecule has 33 heavy (non-hydrogen) atoms. The summed E-state index contributed by atoms with van der Waals surface area (Å²) in [7, 11) is 0. The number of aryl methyl sites for hydroxylation is 1. The van der Waals surface area contributed by atoms with Crippen molar-refractivity contribution >= 4 is 23.4 Å². The van der Waals surface area contributed by atoms with E-state index in [-0.39, 0.29) is 24.3 Å². The van der Waals surface area contributed by atoms with Gasteiger partial charge in [-0.2, -0.15) is 0 Å². The van der Waals surface area contributed by atoms with Crippen LogP contribution in [0.25, 0.3) is 0 Å². The molecule has 0 aromatic heterocycles. The molecule has 1 N–H and O–H groups in total. The summed E-state index contributed by atoms with van der Waals surface area (Å²) >= 11 is 6.02. The molecule has 172 valence electrons. The van der Waals surface area contributed by atoms with Gasteiger partial charge in [0.15, 0.2) is 0 Å². The first-order valence-corrected chi connectivity index (χ1v) is 11.6. The van der Waals surface area contributed by atoms with Gasteiger partial charge in [-0.15, -0.1) is 0 Å². The average Bonchev–Trinajstić information content (AvgIpc) is 2.79. The summed E-state index contributed by atoms with van der Waals surface area (Å²) < 4.78 is 0. The highest BCUT2D eigenvalue weighted by Crippen LogP contribution is 2.19. The van der Waals surface area contributed by atoms with Gasteiger partial charge in [-0.1, -0.05) is 78.3 Å². The van der Waals surface area contributed by atoms with Crippen molar-refractivity contribution in [3.8, 4) is 0 Å². The minimum Gasteiger partial charge on any atom is -0.352 e. The van der Waals surface area contributed by atoms with E-state index >= 15 is 0 Å². The first-order chi connectivity index (χ1) is 15.8. The summed E-state index contributed by atoms with van der Waals surface area (Å²) in [5.74, 6) is -0.243. The molecule has 0 radical (unpaired) electrons. The largest absolute Gasteiger partial charge is 0.352 e. The van der Waals surface area contributed by atoms with Gasteiger partial charge in [0.05, 0.1) is 6.42 Å². The molecule has 3 aromatic carbocycles. The Bertz CT molecular complexity index is 1060. The van der Waals surface area contributed by atoms with E-state index < -0.39 is 6.04 Å². The molecule has 0 saturated heterocycles. The van der Waals surface area contributed by atoms with Gasteiger partial charge in [0.25, 0.3) is 0 Å². The van der Waals surface area contributed by atoms with E-state index in [0.29, 0.717) is 18.0 Å². The van der Waals surface area contributed by atoms with Crippen LogP contribution in [-0.4, -0.2) is 28.8 Å². The molecule has 0 fully saturated rings. The van der Waals surface area contributed by atoms with Gasteiger partial charge in [-0.05, 0) is 55.2 Å². The fraction of sp³-hybridized carbons (Fsp3) is 0.286. The predicted octanol–water partition coefficient (Wildman–Crippen LogP) is 5.36. The van der Waals surface area contributed by atoms with Gasteiger partial charge in [0, 0.05) is 24.0 Å². The SMILES string of the molecule is Cc1ccccc1CN(C(=O)Cc1ccc(Cl)cc1)C(Cc1ccccc1)C(=O)NC(C)C. The maximum absolute atomic E-state index is 13.6. The van der Waals surface area contributed by atoms with Crippen molar-refractivity contribution in [2.24, 2.45) is 0 Å². The highest BCUT2D eigenvalue weighted by atomic mass is 35.5. The van der Waals surface area contributed by atoms with Gasteiger partial charge in [-0.25, -0.2) is 0 Å². The lowest BCUT2D eigenvalue weighted by atomic mass is 10.00. The van der Waals surface area contributed by atoms with E-state index in [9.17, 15) is 9.59 Å². The van der Waals surface area contributed by atoms with Crippen LogP contribution in [-0.2, 0) is 29.0 Å². The summed E-state index contributed by atoms with van der Waals surface area (Å²) in [6.45, 7) is 6.25. The molecular weight excluding hydrogens is 432 g/mol. The Kier molecular flexibility index (Phi) is 8.67. The first-order valence-electron chi connectivity index (χ1n) is 11.3. The zero-order valence-corrected chi connectivity index (χ0v) is 20.2. The number of nitrogens with one attached hydrogen (secondary N) is 1. The van der Waals surface area contributed by atoms with E-state index in [2.05, 4.69) is 5.32 Å². The Morgan fingerprint density at radius 1 is 0.879 bits per heavy atom. The van der Waals surface area contributed by atoms with E-state index in [4.69, 9.17) is 11.6 Å². The zero-order valence-electron chi connectivity index (χ0n) is 19.4. The maximum Gasteiger partial charge on any atom is 0.243 e. The normalized spacial score (nSPS) is 11.8. The quantitative estimate of drug-likeness (QED) is 0.465. The fourth-order valence-corrected chi connectivity index (χ4v) is 3.91. The summed E-state index contributed by atoms with van der Waals surface area (Å²) in [4.78, 5) is 28.7. The molecule has 1 unspecified atom stereocenters. The molecule has 0 aliphatic rings. The van der Waals surface area contributed by atoms with Gasteiger partial charge >= 0.3 is 0 Å². The molecule has 3 rings (SSSR count). The number of hydrogen-bond donors (Lipinski definition) is 1. The second kappa shape index (κ2) is 11.7. The Morgan fingerprint density at radius 3 is 2.15 bits per heavy atom.